The van der Waals surface area contributed by atoms with Gasteiger partial charge in [0.25, 0.3) is 0 Å². The Kier molecular flexibility index (Phi) is 3.80. The minimum absolute atomic E-state index is 0.0238. The first kappa shape index (κ1) is 17.1. The summed E-state index contributed by atoms with van der Waals surface area (Å²) in [6.45, 7) is 4.33. The maximum absolute atomic E-state index is 12.9. The molecule has 4 bridgehead atoms. The largest absolute Gasteiger partial charge is 0.497 e. The SMILES string of the molecule is CCC1CN2CC3c4c(n(C)c5cc(OC)ccc45)C2CC1C3C(=O)OC. The average molecular weight is 368 g/mol. The number of hydrogen-bond donors (Lipinski definition) is 0. The number of rotatable bonds is 3. The molecule has 144 valence electrons. The zero-order chi connectivity index (χ0) is 18.9. The lowest BCUT2D eigenvalue weighted by Crippen LogP contribution is -2.43. The van der Waals surface area contributed by atoms with Gasteiger partial charge >= 0.3 is 5.97 Å². The van der Waals surface area contributed by atoms with E-state index < -0.39 is 0 Å². The number of aryl methyl sites for hydroxylation is 1. The molecular weight excluding hydrogens is 340 g/mol. The van der Waals surface area contributed by atoms with Crippen LogP contribution >= 0.6 is 0 Å². The summed E-state index contributed by atoms with van der Waals surface area (Å²) in [5, 5.41) is 1.27. The minimum atomic E-state index is -0.0381. The van der Waals surface area contributed by atoms with Gasteiger partial charge in [-0.25, -0.2) is 0 Å². The van der Waals surface area contributed by atoms with E-state index >= 15 is 0 Å². The molecule has 5 aliphatic rings. The first-order valence-corrected chi connectivity index (χ1v) is 10.1. The van der Waals surface area contributed by atoms with Crippen LogP contribution < -0.4 is 4.74 Å². The highest BCUT2D eigenvalue weighted by Gasteiger charge is 2.55. The Labute approximate surface area is 160 Å². The lowest BCUT2D eigenvalue weighted by molar-refractivity contribution is -0.149. The summed E-state index contributed by atoms with van der Waals surface area (Å²) in [6.07, 6.45) is 2.19. The number of esters is 1. The van der Waals surface area contributed by atoms with Crippen LogP contribution in [-0.2, 0) is 16.6 Å². The number of piperidine rings is 1. The second-order valence-electron chi connectivity index (χ2n) is 8.43. The van der Waals surface area contributed by atoms with Crippen LogP contribution in [0, 0.1) is 17.8 Å². The molecule has 0 N–H and O–H groups in total. The number of ether oxygens (including phenoxy) is 2. The summed E-state index contributed by atoms with van der Waals surface area (Å²) in [6, 6.07) is 6.75. The van der Waals surface area contributed by atoms with E-state index in [-0.39, 0.29) is 17.8 Å². The molecule has 27 heavy (non-hydrogen) atoms. The smallest absolute Gasteiger partial charge is 0.309 e. The third-order valence-electron chi connectivity index (χ3n) is 7.51. The van der Waals surface area contributed by atoms with E-state index in [0.29, 0.717) is 17.9 Å². The highest BCUT2D eigenvalue weighted by Crippen LogP contribution is 2.57. The molecule has 4 aliphatic heterocycles. The lowest BCUT2D eigenvalue weighted by Gasteiger charge is -2.43. The van der Waals surface area contributed by atoms with Crippen LogP contribution in [0.2, 0.25) is 0 Å². The van der Waals surface area contributed by atoms with E-state index in [1.807, 2.05) is 6.07 Å². The third kappa shape index (κ3) is 2.18. The van der Waals surface area contributed by atoms with Gasteiger partial charge in [-0.15, -0.1) is 0 Å². The summed E-state index contributed by atoms with van der Waals surface area (Å²) in [5.41, 5.74) is 3.98. The second-order valence-corrected chi connectivity index (χ2v) is 8.43. The van der Waals surface area contributed by atoms with Crippen molar-refractivity contribution in [1.29, 1.82) is 0 Å². The van der Waals surface area contributed by atoms with E-state index in [2.05, 4.69) is 35.6 Å². The van der Waals surface area contributed by atoms with Gasteiger partial charge < -0.3 is 14.0 Å². The summed E-state index contributed by atoms with van der Waals surface area (Å²) >= 11 is 0. The van der Waals surface area contributed by atoms with Crippen LogP contribution in [0.15, 0.2) is 18.2 Å². The van der Waals surface area contributed by atoms with E-state index in [1.165, 1.54) is 22.2 Å². The Morgan fingerprint density at radius 1 is 1.26 bits per heavy atom. The van der Waals surface area contributed by atoms with Crippen molar-refractivity contribution in [2.45, 2.75) is 31.7 Å². The zero-order valence-electron chi connectivity index (χ0n) is 16.6. The van der Waals surface area contributed by atoms with Gasteiger partial charge in [-0.05, 0) is 36.0 Å². The molecule has 0 amide bonds. The predicted molar refractivity (Wildman–Crippen MR) is 104 cm³/mol. The van der Waals surface area contributed by atoms with Crippen molar-refractivity contribution in [3.63, 3.8) is 0 Å². The first-order valence-electron chi connectivity index (χ1n) is 10.1. The molecule has 1 aromatic carbocycles. The van der Waals surface area contributed by atoms with Crippen molar-refractivity contribution in [3.8, 4) is 5.75 Å². The van der Waals surface area contributed by atoms with Crippen LogP contribution in [-0.4, -0.2) is 42.7 Å². The second kappa shape index (κ2) is 5.99. The predicted octanol–water partition coefficient (Wildman–Crippen LogP) is 3.48. The Balaban J connectivity index is 1.76. The van der Waals surface area contributed by atoms with Crippen LogP contribution in [0.5, 0.6) is 5.75 Å². The van der Waals surface area contributed by atoms with Gasteiger partial charge in [0, 0.05) is 43.2 Å². The van der Waals surface area contributed by atoms with Crippen molar-refractivity contribution in [1.82, 2.24) is 9.47 Å². The van der Waals surface area contributed by atoms with Crippen molar-refractivity contribution in [2.75, 3.05) is 27.3 Å². The molecule has 3 saturated heterocycles. The Hall–Kier alpha value is -2.01. The molecule has 5 heterocycles. The quantitative estimate of drug-likeness (QED) is 0.778. The van der Waals surface area contributed by atoms with Crippen LogP contribution in [0.3, 0.4) is 0 Å². The van der Waals surface area contributed by atoms with Gasteiger partial charge in [0.05, 0.1) is 31.7 Å². The fraction of sp³-hybridized carbons (Fsp3) is 0.591. The van der Waals surface area contributed by atoms with Gasteiger partial charge in [0.2, 0.25) is 0 Å². The molecule has 7 rings (SSSR count). The van der Waals surface area contributed by atoms with Gasteiger partial charge in [-0.3, -0.25) is 9.69 Å². The zero-order valence-corrected chi connectivity index (χ0v) is 16.6. The van der Waals surface area contributed by atoms with Crippen molar-refractivity contribution >= 4 is 16.9 Å². The molecule has 5 heteroatoms. The number of hydrogen-bond acceptors (Lipinski definition) is 4. The van der Waals surface area contributed by atoms with E-state index in [1.54, 1.807) is 14.2 Å². The van der Waals surface area contributed by atoms with E-state index in [4.69, 9.17) is 9.47 Å². The molecule has 3 fully saturated rings. The number of carbonyl (C=O) groups excluding carboxylic acids is 1. The summed E-state index contributed by atoms with van der Waals surface area (Å²) in [7, 11) is 5.42. The normalized spacial score (nSPS) is 33.8. The molecule has 0 spiro atoms. The minimum Gasteiger partial charge on any atom is -0.497 e. The molecular formula is C22H28N2O3. The van der Waals surface area contributed by atoms with Gasteiger partial charge in [-0.1, -0.05) is 13.3 Å². The Bertz CT molecular complexity index is 918. The number of fused-ring (bicyclic) bond motifs is 2. The molecule has 1 aliphatic carbocycles. The molecule has 2 aromatic rings. The third-order valence-corrected chi connectivity index (χ3v) is 7.51. The highest BCUT2D eigenvalue weighted by atomic mass is 16.5. The van der Waals surface area contributed by atoms with Crippen LogP contribution in [0.1, 0.15) is 43.0 Å². The fourth-order valence-electron chi connectivity index (χ4n) is 6.32. The highest BCUT2D eigenvalue weighted by molar-refractivity contribution is 5.89. The molecule has 5 nitrogen and oxygen atoms in total. The number of nitrogens with zero attached hydrogens (tertiary/aromatic N) is 2. The summed E-state index contributed by atoms with van der Waals surface area (Å²) in [5.74, 6) is 2.02. The van der Waals surface area contributed by atoms with Crippen molar-refractivity contribution in [2.24, 2.45) is 24.8 Å². The number of aromatic nitrogens is 1. The first-order chi connectivity index (χ1) is 13.1. The van der Waals surface area contributed by atoms with Crippen molar-refractivity contribution < 1.29 is 14.3 Å². The summed E-state index contributed by atoms with van der Waals surface area (Å²) < 4.78 is 13.1. The lowest BCUT2D eigenvalue weighted by atomic mass is 9.72. The molecule has 6 atom stereocenters. The van der Waals surface area contributed by atoms with E-state index in [0.717, 1.165) is 31.7 Å². The monoisotopic (exact) mass is 368 g/mol. The topological polar surface area (TPSA) is 43.7 Å². The van der Waals surface area contributed by atoms with Crippen LogP contribution in [0.25, 0.3) is 10.9 Å². The van der Waals surface area contributed by atoms with Gasteiger partial charge in [0.15, 0.2) is 0 Å². The van der Waals surface area contributed by atoms with E-state index in [9.17, 15) is 4.79 Å². The Morgan fingerprint density at radius 2 is 2.07 bits per heavy atom. The van der Waals surface area contributed by atoms with Crippen LogP contribution in [0.4, 0.5) is 0 Å². The maximum atomic E-state index is 12.9. The molecule has 0 radical (unpaired) electrons. The summed E-state index contributed by atoms with van der Waals surface area (Å²) in [4.78, 5) is 15.6. The molecule has 6 unspecified atom stereocenters. The van der Waals surface area contributed by atoms with Crippen molar-refractivity contribution in [3.05, 3.63) is 29.5 Å². The number of methoxy groups -OCH3 is 2. The van der Waals surface area contributed by atoms with Gasteiger partial charge in [0.1, 0.15) is 5.75 Å². The average Bonchev–Trinajstić information content (AvgIpc) is 2.83. The Morgan fingerprint density at radius 3 is 2.78 bits per heavy atom. The van der Waals surface area contributed by atoms with Gasteiger partial charge in [-0.2, -0.15) is 0 Å². The maximum Gasteiger partial charge on any atom is 0.309 e. The number of carbonyl (C=O) groups is 1. The fourth-order valence-corrected chi connectivity index (χ4v) is 6.32. The molecule has 1 aromatic heterocycles. The molecule has 0 saturated carbocycles. The standard InChI is InChI=1S/C22H28N2O3/c1-5-12-10-24-11-16-19-14-7-6-13(26-3)8-17(14)23(2)21(19)18(24)9-15(12)20(16)22(25)27-4/h6-8,12,15-16,18,20H,5,9-11H2,1-4H3. The number of benzene rings is 1.